The molecule has 0 heterocycles. The quantitative estimate of drug-likeness (QED) is 0.443. The topological polar surface area (TPSA) is 63.7 Å². The molecular weight excluding hydrogens is 378 g/mol. The molecule has 3 rings (SSSR count). The number of likely N-dealkylation sites (N-methyl/N-ethyl adjacent to an activating group) is 1. The molecule has 0 saturated carbocycles. The Hall–Kier alpha value is -3.73. The SMILES string of the molecule is Cc1ccccc1CN(C)C(=O)COC(=O)c1ccc(C(=O)c2ccccc2)cc1. The minimum absolute atomic E-state index is 0.122. The molecule has 0 fully saturated rings. The third-order valence-electron chi connectivity index (χ3n) is 4.84. The molecule has 0 bridgehead atoms. The molecule has 0 N–H and O–H groups in total. The fourth-order valence-electron chi connectivity index (χ4n) is 2.97. The fourth-order valence-corrected chi connectivity index (χ4v) is 2.97. The van der Waals surface area contributed by atoms with E-state index in [-0.39, 0.29) is 23.9 Å². The molecule has 0 unspecified atom stereocenters. The molecule has 0 saturated heterocycles. The highest BCUT2D eigenvalue weighted by Gasteiger charge is 2.15. The number of nitrogens with zero attached hydrogens (tertiary/aromatic N) is 1. The Balaban J connectivity index is 1.55. The number of ether oxygens (including phenoxy) is 1. The van der Waals surface area contributed by atoms with Gasteiger partial charge in [-0.05, 0) is 30.2 Å². The van der Waals surface area contributed by atoms with Crippen LogP contribution in [0, 0.1) is 6.92 Å². The minimum Gasteiger partial charge on any atom is -0.452 e. The van der Waals surface area contributed by atoms with E-state index in [0.29, 0.717) is 17.7 Å². The number of esters is 1. The van der Waals surface area contributed by atoms with Gasteiger partial charge in [-0.1, -0.05) is 66.7 Å². The predicted octanol–water partition coefficient (Wildman–Crippen LogP) is 4.04. The van der Waals surface area contributed by atoms with Crippen LogP contribution in [0.5, 0.6) is 0 Å². The number of aryl methyl sites for hydroxylation is 1. The molecule has 0 aliphatic rings. The number of hydrogen-bond acceptors (Lipinski definition) is 4. The van der Waals surface area contributed by atoms with E-state index in [1.54, 1.807) is 43.4 Å². The molecule has 0 spiro atoms. The minimum atomic E-state index is -0.605. The third-order valence-corrected chi connectivity index (χ3v) is 4.84. The molecule has 152 valence electrons. The molecular formula is C25H23NO4. The Bertz CT molecular complexity index is 1040. The van der Waals surface area contributed by atoms with Crippen molar-refractivity contribution in [1.29, 1.82) is 0 Å². The summed E-state index contributed by atoms with van der Waals surface area (Å²) < 4.78 is 5.15. The van der Waals surface area contributed by atoms with Gasteiger partial charge in [-0.15, -0.1) is 0 Å². The van der Waals surface area contributed by atoms with E-state index in [1.807, 2.05) is 37.3 Å². The van der Waals surface area contributed by atoms with Gasteiger partial charge < -0.3 is 9.64 Å². The monoisotopic (exact) mass is 401 g/mol. The second-order valence-electron chi connectivity index (χ2n) is 7.02. The maximum absolute atomic E-state index is 12.4. The Labute approximate surface area is 175 Å². The van der Waals surface area contributed by atoms with Crippen LogP contribution in [0.2, 0.25) is 0 Å². The van der Waals surface area contributed by atoms with Crippen LogP contribution in [-0.4, -0.2) is 36.2 Å². The van der Waals surface area contributed by atoms with Crippen molar-refractivity contribution in [3.8, 4) is 0 Å². The van der Waals surface area contributed by atoms with E-state index in [2.05, 4.69) is 0 Å². The van der Waals surface area contributed by atoms with Crippen molar-refractivity contribution in [3.63, 3.8) is 0 Å². The van der Waals surface area contributed by atoms with E-state index < -0.39 is 5.97 Å². The first-order valence-corrected chi connectivity index (χ1v) is 9.61. The van der Waals surface area contributed by atoms with Gasteiger partial charge >= 0.3 is 5.97 Å². The van der Waals surface area contributed by atoms with E-state index in [4.69, 9.17) is 4.74 Å². The van der Waals surface area contributed by atoms with Crippen LogP contribution in [0.3, 0.4) is 0 Å². The Kier molecular flexibility index (Phi) is 6.75. The molecule has 0 atom stereocenters. The summed E-state index contributed by atoms with van der Waals surface area (Å²) in [4.78, 5) is 38.5. The molecule has 0 radical (unpaired) electrons. The van der Waals surface area contributed by atoms with Gasteiger partial charge in [0.05, 0.1) is 5.56 Å². The lowest BCUT2D eigenvalue weighted by Gasteiger charge is -2.18. The van der Waals surface area contributed by atoms with Crippen LogP contribution in [-0.2, 0) is 16.1 Å². The van der Waals surface area contributed by atoms with Crippen LogP contribution < -0.4 is 0 Å². The third kappa shape index (κ3) is 5.20. The summed E-state index contributed by atoms with van der Waals surface area (Å²) in [6, 6.07) is 23.0. The first kappa shape index (κ1) is 21.0. The highest BCUT2D eigenvalue weighted by Crippen LogP contribution is 2.13. The van der Waals surface area contributed by atoms with E-state index in [9.17, 15) is 14.4 Å². The molecule has 5 heteroatoms. The largest absolute Gasteiger partial charge is 0.452 e. The number of amides is 1. The first-order chi connectivity index (χ1) is 14.5. The lowest BCUT2D eigenvalue weighted by atomic mass is 10.0. The highest BCUT2D eigenvalue weighted by molar-refractivity contribution is 6.09. The van der Waals surface area contributed by atoms with Crippen molar-refractivity contribution in [2.75, 3.05) is 13.7 Å². The van der Waals surface area contributed by atoms with Gasteiger partial charge in [0.2, 0.25) is 0 Å². The van der Waals surface area contributed by atoms with Crippen LogP contribution in [0.4, 0.5) is 0 Å². The lowest BCUT2D eigenvalue weighted by molar-refractivity contribution is -0.133. The smallest absolute Gasteiger partial charge is 0.338 e. The maximum Gasteiger partial charge on any atom is 0.338 e. The first-order valence-electron chi connectivity index (χ1n) is 9.61. The number of benzene rings is 3. The summed E-state index contributed by atoms with van der Waals surface area (Å²) in [5.74, 6) is -1.02. The van der Waals surface area contributed by atoms with Crippen LogP contribution >= 0.6 is 0 Å². The summed E-state index contributed by atoms with van der Waals surface area (Å²) in [7, 11) is 1.67. The number of rotatable bonds is 7. The fraction of sp³-hybridized carbons (Fsp3) is 0.160. The molecule has 0 aromatic heterocycles. The van der Waals surface area contributed by atoms with Crippen molar-refractivity contribution in [3.05, 3.63) is 107 Å². The van der Waals surface area contributed by atoms with Gasteiger partial charge in [-0.25, -0.2) is 4.79 Å². The van der Waals surface area contributed by atoms with Gasteiger partial charge in [0.25, 0.3) is 5.91 Å². The zero-order valence-corrected chi connectivity index (χ0v) is 17.0. The summed E-state index contributed by atoms with van der Waals surface area (Å²) in [6.45, 7) is 2.09. The Morgan fingerprint density at radius 3 is 2.00 bits per heavy atom. The van der Waals surface area contributed by atoms with E-state index in [0.717, 1.165) is 11.1 Å². The van der Waals surface area contributed by atoms with Crippen molar-refractivity contribution < 1.29 is 19.1 Å². The van der Waals surface area contributed by atoms with Crippen molar-refractivity contribution in [2.24, 2.45) is 0 Å². The average molecular weight is 401 g/mol. The summed E-state index contributed by atoms with van der Waals surface area (Å²) in [5, 5.41) is 0. The van der Waals surface area contributed by atoms with Crippen molar-refractivity contribution in [1.82, 2.24) is 4.90 Å². The summed E-state index contributed by atoms with van der Waals surface area (Å²) in [5.41, 5.74) is 3.48. The summed E-state index contributed by atoms with van der Waals surface area (Å²) >= 11 is 0. The normalized spacial score (nSPS) is 10.3. The molecule has 5 nitrogen and oxygen atoms in total. The van der Waals surface area contributed by atoms with Crippen LogP contribution in [0.25, 0.3) is 0 Å². The molecule has 0 aliphatic heterocycles. The van der Waals surface area contributed by atoms with E-state index >= 15 is 0 Å². The lowest BCUT2D eigenvalue weighted by Crippen LogP contribution is -2.31. The average Bonchev–Trinajstić information content (AvgIpc) is 2.79. The second-order valence-corrected chi connectivity index (χ2v) is 7.02. The van der Waals surface area contributed by atoms with Gasteiger partial charge in [-0.2, -0.15) is 0 Å². The molecule has 1 amide bonds. The number of hydrogen-bond donors (Lipinski definition) is 0. The molecule has 3 aromatic rings. The molecule has 0 aliphatic carbocycles. The number of carbonyl (C=O) groups is 3. The highest BCUT2D eigenvalue weighted by atomic mass is 16.5. The second kappa shape index (κ2) is 9.65. The molecule has 30 heavy (non-hydrogen) atoms. The number of ketones is 1. The number of carbonyl (C=O) groups excluding carboxylic acids is 3. The van der Waals surface area contributed by atoms with Gasteiger partial charge in [0, 0.05) is 24.7 Å². The van der Waals surface area contributed by atoms with E-state index in [1.165, 1.54) is 17.0 Å². The molecule has 3 aromatic carbocycles. The van der Waals surface area contributed by atoms with Gasteiger partial charge in [-0.3, -0.25) is 9.59 Å². The van der Waals surface area contributed by atoms with Crippen LogP contribution in [0.1, 0.15) is 37.4 Å². The predicted molar refractivity (Wildman–Crippen MR) is 114 cm³/mol. The standard InChI is InChI=1S/C25H23NO4/c1-18-8-6-7-11-22(18)16-26(2)23(27)17-30-25(29)21-14-12-20(13-15-21)24(28)19-9-4-3-5-10-19/h3-15H,16-17H2,1-2H3. The van der Waals surface area contributed by atoms with Crippen molar-refractivity contribution in [2.45, 2.75) is 13.5 Å². The Morgan fingerprint density at radius 2 is 1.33 bits per heavy atom. The van der Waals surface area contributed by atoms with Gasteiger partial charge in [0.1, 0.15) is 0 Å². The summed E-state index contributed by atoms with van der Waals surface area (Å²) in [6.07, 6.45) is 0. The zero-order chi connectivity index (χ0) is 21.5. The van der Waals surface area contributed by atoms with Gasteiger partial charge in [0.15, 0.2) is 12.4 Å². The van der Waals surface area contributed by atoms with Crippen LogP contribution in [0.15, 0.2) is 78.9 Å². The van der Waals surface area contributed by atoms with Crippen molar-refractivity contribution >= 4 is 17.7 Å². The maximum atomic E-state index is 12.4. The zero-order valence-electron chi connectivity index (χ0n) is 17.0. The Morgan fingerprint density at radius 1 is 0.767 bits per heavy atom.